The minimum Gasteiger partial charge on any atom is -0.381 e. The first-order valence-corrected chi connectivity index (χ1v) is 6.98. The van der Waals surface area contributed by atoms with E-state index >= 15 is 0 Å². The third-order valence-corrected chi connectivity index (χ3v) is 3.93. The Hall–Kier alpha value is -0.800. The number of hydrogen-bond acceptors (Lipinski definition) is 1. The number of nitrogens with one attached hydrogen (secondary N) is 1. The maximum Gasteiger partial charge on any atom is 0.0400 e. The van der Waals surface area contributed by atoms with Crippen LogP contribution in [0.1, 0.15) is 11.1 Å². The summed E-state index contributed by atoms with van der Waals surface area (Å²) in [5, 5.41) is 3.40. The molecular formula is C14H13Br2N. The largest absolute Gasteiger partial charge is 0.381 e. The Balaban J connectivity index is 2.05. The maximum atomic E-state index is 3.51. The van der Waals surface area contributed by atoms with Gasteiger partial charge >= 0.3 is 0 Å². The highest BCUT2D eigenvalue weighted by molar-refractivity contribution is 9.10. The van der Waals surface area contributed by atoms with Crippen molar-refractivity contribution in [2.75, 3.05) is 5.32 Å². The van der Waals surface area contributed by atoms with Crippen LogP contribution in [-0.4, -0.2) is 0 Å². The Bertz CT molecular complexity index is 523. The zero-order valence-corrected chi connectivity index (χ0v) is 12.7. The molecule has 0 aromatic heterocycles. The molecule has 0 aliphatic carbocycles. The second-order valence-electron chi connectivity index (χ2n) is 3.95. The van der Waals surface area contributed by atoms with Crippen LogP contribution in [0.15, 0.2) is 51.4 Å². The molecule has 0 aliphatic heterocycles. The average Bonchev–Trinajstić information content (AvgIpc) is 2.31. The number of rotatable bonds is 3. The molecule has 0 unspecified atom stereocenters. The molecule has 0 radical (unpaired) electrons. The van der Waals surface area contributed by atoms with Gasteiger partial charge in [0.25, 0.3) is 0 Å². The number of aryl methyl sites for hydroxylation is 1. The van der Waals surface area contributed by atoms with E-state index in [-0.39, 0.29) is 0 Å². The molecule has 0 saturated carbocycles. The first-order chi connectivity index (χ1) is 8.15. The number of anilines is 1. The third-order valence-electron chi connectivity index (χ3n) is 2.54. The number of halogens is 2. The fourth-order valence-electron chi connectivity index (χ4n) is 1.62. The summed E-state index contributed by atoms with van der Waals surface area (Å²) in [6, 6.07) is 14.6. The molecule has 0 saturated heterocycles. The normalized spacial score (nSPS) is 10.3. The fraction of sp³-hybridized carbons (Fsp3) is 0.143. The van der Waals surface area contributed by atoms with Crippen LogP contribution in [0.3, 0.4) is 0 Å². The lowest BCUT2D eigenvalue weighted by molar-refractivity contribution is 1.14. The van der Waals surface area contributed by atoms with Gasteiger partial charge in [0.05, 0.1) is 0 Å². The minimum absolute atomic E-state index is 0.838. The summed E-state index contributed by atoms with van der Waals surface area (Å²) in [4.78, 5) is 0. The van der Waals surface area contributed by atoms with Gasteiger partial charge in [-0.1, -0.05) is 50.1 Å². The summed E-state index contributed by atoms with van der Waals surface area (Å²) in [7, 11) is 0. The van der Waals surface area contributed by atoms with E-state index in [2.05, 4.69) is 74.4 Å². The second kappa shape index (κ2) is 5.69. The van der Waals surface area contributed by atoms with Crippen LogP contribution in [-0.2, 0) is 6.54 Å². The van der Waals surface area contributed by atoms with Gasteiger partial charge in [0.15, 0.2) is 0 Å². The molecule has 0 heterocycles. The molecule has 3 heteroatoms. The summed E-state index contributed by atoms with van der Waals surface area (Å²) >= 11 is 6.97. The molecule has 2 rings (SSSR count). The van der Waals surface area contributed by atoms with Crippen molar-refractivity contribution in [2.45, 2.75) is 13.5 Å². The van der Waals surface area contributed by atoms with Crippen molar-refractivity contribution >= 4 is 37.5 Å². The van der Waals surface area contributed by atoms with Crippen molar-refractivity contribution in [2.24, 2.45) is 0 Å². The fourth-order valence-corrected chi connectivity index (χ4v) is 2.27. The molecule has 2 aromatic carbocycles. The molecule has 2 aromatic rings. The molecule has 0 amide bonds. The third kappa shape index (κ3) is 3.58. The molecule has 1 nitrogen and oxygen atoms in total. The van der Waals surface area contributed by atoms with Crippen LogP contribution in [0.4, 0.5) is 5.69 Å². The van der Waals surface area contributed by atoms with Gasteiger partial charge in [0.2, 0.25) is 0 Å². The van der Waals surface area contributed by atoms with Crippen molar-refractivity contribution < 1.29 is 0 Å². The van der Waals surface area contributed by atoms with Gasteiger partial charge in [-0.3, -0.25) is 0 Å². The molecule has 0 atom stereocenters. The molecule has 17 heavy (non-hydrogen) atoms. The van der Waals surface area contributed by atoms with E-state index in [1.807, 2.05) is 12.1 Å². The summed E-state index contributed by atoms with van der Waals surface area (Å²) < 4.78 is 2.25. The lowest BCUT2D eigenvalue weighted by atomic mass is 10.1. The minimum atomic E-state index is 0.838. The van der Waals surface area contributed by atoms with Gasteiger partial charge in [-0.15, -0.1) is 0 Å². The van der Waals surface area contributed by atoms with Crippen LogP contribution in [0.25, 0.3) is 0 Å². The second-order valence-corrected chi connectivity index (χ2v) is 5.72. The number of benzene rings is 2. The smallest absolute Gasteiger partial charge is 0.0400 e. The summed E-state index contributed by atoms with van der Waals surface area (Å²) in [5.41, 5.74) is 3.67. The van der Waals surface area contributed by atoms with Crippen molar-refractivity contribution in [3.05, 3.63) is 62.5 Å². The van der Waals surface area contributed by atoms with E-state index in [1.165, 1.54) is 11.1 Å². The van der Waals surface area contributed by atoms with Gasteiger partial charge in [-0.05, 0) is 42.3 Å². The van der Waals surface area contributed by atoms with Crippen LogP contribution in [0, 0.1) is 6.92 Å². The van der Waals surface area contributed by atoms with Crippen molar-refractivity contribution in [1.82, 2.24) is 0 Å². The predicted molar refractivity (Wildman–Crippen MR) is 80.3 cm³/mol. The quantitative estimate of drug-likeness (QED) is 0.805. The maximum absolute atomic E-state index is 3.51. The molecule has 0 fully saturated rings. The van der Waals surface area contributed by atoms with E-state index in [0.717, 1.165) is 21.2 Å². The Kier molecular flexibility index (Phi) is 4.24. The Labute approximate surface area is 119 Å². The summed E-state index contributed by atoms with van der Waals surface area (Å²) in [6.07, 6.45) is 0. The molecule has 0 spiro atoms. The lowest BCUT2D eigenvalue weighted by Gasteiger charge is -2.08. The van der Waals surface area contributed by atoms with Gasteiger partial charge in [-0.2, -0.15) is 0 Å². The Morgan fingerprint density at radius 2 is 1.88 bits per heavy atom. The van der Waals surface area contributed by atoms with Crippen LogP contribution in [0.2, 0.25) is 0 Å². The first-order valence-electron chi connectivity index (χ1n) is 5.39. The van der Waals surface area contributed by atoms with E-state index in [9.17, 15) is 0 Å². The number of hydrogen-bond donors (Lipinski definition) is 1. The average molecular weight is 355 g/mol. The SMILES string of the molecule is Cc1cc(CNc2cccc(Br)c2)ccc1Br. The van der Waals surface area contributed by atoms with Crippen molar-refractivity contribution in [3.8, 4) is 0 Å². The first kappa shape index (κ1) is 12.7. The van der Waals surface area contributed by atoms with Crippen LogP contribution < -0.4 is 5.32 Å². The van der Waals surface area contributed by atoms with Crippen molar-refractivity contribution in [3.63, 3.8) is 0 Å². The van der Waals surface area contributed by atoms with E-state index in [4.69, 9.17) is 0 Å². The van der Waals surface area contributed by atoms with Gasteiger partial charge in [0, 0.05) is 21.2 Å². The van der Waals surface area contributed by atoms with Gasteiger partial charge in [-0.25, -0.2) is 0 Å². The van der Waals surface area contributed by atoms with E-state index in [0.29, 0.717) is 0 Å². The van der Waals surface area contributed by atoms with Gasteiger partial charge < -0.3 is 5.32 Å². The lowest BCUT2D eigenvalue weighted by Crippen LogP contribution is -1.99. The predicted octanol–water partition coefficient (Wildman–Crippen LogP) is 5.13. The summed E-state index contributed by atoms with van der Waals surface area (Å²) in [5.74, 6) is 0. The molecular weight excluding hydrogens is 342 g/mol. The van der Waals surface area contributed by atoms with Crippen molar-refractivity contribution in [1.29, 1.82) is 0 Å². The standard InChI is InChI=1S/C14H13Br2N/c1-10-7-11(5-6-14(10)16)9-17-13-4-2-3-12(15)8-13/h2-8,17H,9H2,1H3. The molecule has 0 bridgehead atoms. The molecule has 88 valence electrons. The zero-order valence-electron chi connectivity index (χ0n) is 9.50. The summed E-state index contributed by atoms with van der Waals surface area (Å²) in [6.45, 7) is 2.94. The van der Waals surface area contributed by atoms with Crippen LogP contribution >= 0.6 is 31.9 Å². The molecule has 0 aliphatic rings. The van der Waals surface area contributed by atoms with Gasteiger partial charge in [0.1, 0.15) is 0 Å². The topological polar surface area (TPSA) is 12.0 Å². The van der Waals surface area contributed by atoms with E-state index in [1.54, 1.807) is 0 Å². The Morgan fingerprint density at radius 1 is 1.06 bits per heavy atom. The highest BCUT2D eigenvalue weighted by Crippen LogP contribution is 2.19. The highest BCUT2D eigenvalue weighted by Gasteiger charge is 1.98. The Morgan fingerprint density at radius 3 is 2.59 bits per heavy atom. The van der Waals surface area contributed by atoms with E-state index < -0.39 is 0 Å². The molecule has 1 N–H and O–H groups in total. The highest BCUT2D eigenvalue weighted by atomic mass is 79.9. The van der Waals surface area contributed by atoms with Crippen LogP contribution in [0.5, 0.6) is 0 Å². The monoisotopic (exact) mass is 353 g/mol. The zero-order chi connectivity index (χ0) is 12.3.